The molecule has 0 aliphatic heterocycles. The highest BCUT2D eigenvalue weighted by molar-refractivity contribution is 5.30. The predicted molar refractivity (Wildman–Crippen MR) is 108 cm³/mol. The van der Waals surface area contributed by atoms with Gasteiger partial charge in [0.2, 0.25) is 0 Å². The number of hydrogen-bond donors (Lipinski definition) is 0. The van der Waals surface area contributed by atoms with E-state index in [4.69, 9.17) is 0 Å². The summed E-state index contributed by atoms with van der Waals surface area (Å²) in [5.74, 6) is 0. The predicted octanol–water partition coefficient (Wildman–Crippen LogP) is 6.60. The van der Waals surface area contributed by atoms with Crippen LogP contribution in [0.15, 0.2) is 91.0 Å². The Morgan fingerprint density at radius 3 is 1.72 bits per heavy atom. The summed E-state index contributed by atoms with van der Waals surface area (Å²) >= 11 is 0. The van der Waals surface area contributed by atoms with Crippen LogP contribution < -0.4 is 0 Å². The average Bonchev–Trinajstić information content (AvgIpc) is 2.69. The van der Waals surface area contributed by atoms with Gasteiger partial charge in [0.25, 0.3) is 0 Å². The van der Waals surface area contributed by atoms with E-state index in [0.29, 0.717) is 0 Å². The zero-order valence-electron chi connectivity index (χ0n) is 15.2. The van der Waals surface area contributed by atoms with Gasteiger partial charge in [-0.05, 0) is 54.2 Å². The highest BCUT2D eigenvalue weighted by atomic mass is 14.3. The fourth-order valence-corrected chi connectivity index (χ4v) is 3.89. The molecule has 0 bridgehead atoms. The molecule has 0 heteroatoms. The first-order valence-corrected chi connectivity index (χ1v) is 9.46. The maximum atomic E-state index is 2.35. The monoisotopic (exact) mass is 328 g/mol. The molecule has 0 spiro atoms. The van der Waals surface area contributed by atoms with E-state index in [2.05, 4.69) is 97.9 Å². The van der Waals surface area contributed by atoms with Crippen LogP contribution in [0.3, 0.4) is 0 Å². The lowest BCUT2D eigenvalue weighted by molar-refractivity contribution is 0.365. The average molecular weight is 328 g/mol. The van der Waals surface area contributed by atoms with Crippen LogP contribution in [-0.2, 0) is 18.3 Å². The molecule has 0 aliphatic rings. The lowest BCUT2D eigenvalue weighted by Gasteiger charge is -2.34. The van der Waals surface area contributed by atoms with Crippen molar-refractivity contribution in [1.82, 2.24) is 0 Å². The van der Waals surface area contributed by atoms with Gasteiger partial charge in [0, 0.05) is 0 Å². The zero-order chi connectivity index (χ0) is 17.4. The van der Waals surface area contributed by atoms with Crippen molar-refractivity contribution in [1.29, 1.82) is 0 Å². The topological polar surface area (TPSA) is 0 Å². The standard InChI is InChI=1S/C25H28/c1-2-25(24-18-10-5-11-19-24,21-23-15-8-4-9-16-23)20-12-17-22-13-6-3-7-14-22/h3-11,13-16,18-19H,2,12,17,20-21H2,1H3. The molecule has 3 rings (SSSR count). The van der Waals surface area contributed by atoms with Gasteiger partial charge in [-0.2, -0.15) is 0 Å². The minimum atomic E-state index is 0.220. The summed E-state index contributed by atoms with van der Waals surface area (Å²) in [6.07, 6.45) is 5.88. The summed E-state index contributed by atoms with van der Waals surface area (Å²) in [5, 5.41) is 0. The van der Waals surface area contributed by atoms with Gasteiger partial charge < -0.3 is 0 Å². The van der Waals surface area contributed by atoms with Crippen molar-refractivity contribution in [2.45, 2.75) is 44.4 Å². The van der Waals surface area contributed by atoms with Crippen molar-refractivity contribution in [2.24, 2.45) is 0 Å². The van der Waals surface area contributed by atoms with E-state index in [0.717, 1.165) is 12.8 Å². The van der Waals surface area contributed by atoms with E-state index < -0.39 is 0 Å². The molecule has 0 radical (unpaired) electrons. The van der Waals surface area contributed by atoms with Crippen LogP contribution in [0.25, 0.3) is 0 Å². The second-order valence-electron chi connectivity index (χ2n) is 7.00. The Kier molecular flexibility index (Phi) is 6.06. The molecule has 3 aromatic carbocycles. The van der Waals surface area contributed by atoms with E-state index in [1.54, 1.807) is 0 Å². The quantitative estimate of drug-likeness (QED) is 0.437. The first kappa shape index (κ1) is 17.5. The fourth-order valence-electron chi connectivity index (χ4n) is 3.89. The van der Waals surface area contributed by atoms with Crippen molar-refractivity contribution in [2.75, 3.05) is 0 Å². The molecule has 0 fully saturated rings. The molecule has 0 heterocycles. The Morgan fingerprint density at radius 2 is 1.16 bits per heavy atom. The van der Waals surface area contributed by atoms with Gasteiger partial charge in [-0.1, -0.05) is 97.9 Å². The summed E-state index contributed by atoms with van der Waals surface area (Å²) in [5.41, 5.74) is 4.58. The fraction of sp³-hybridized carbons (Fsp3) is 0.280. The number of rotatable bonds is 8. The Morgan fingerprint density at radius 1 is 0.640 bits per heavy atom. The highest BCUT2D eigenvalue weighted by Crippen LogP contribution is 2.37. The minimum absolute atomic E-state index is 0.220. The second kappa shape index (κ2) is 8.67. The first-order chi connectivity index (χ1) is 12.3. The summed E-state index contributed by atoms with van der Waals surface area (Å²) in [6.45, 7) is 2.35. The molecule has 0 saturated carbocycles. The maximum absolute atomic E-state index is 2.35. The van der Waals surface area contributed by atoms with Crippen molar-refractivity contribution >= 4 is 0 Å². The molecule has 0 aliphatic carbocycles. The maximum Gasteiger partial charge on any atom is -0.000916 e. The Bertz CT molecular complexity index is 731. The first-order valence-electron chi connectivity index (χ1n) is 9.46. The summed E-state index contributed by atoms with van der Waals surface area (Å²) in [4.78, 5) is 0. The number of hydrogen-bond acceptors (Lipinski definition) is 0. The molecule has 3 aromatic rings. The van der Waals surface area contributed by atoms with Gasteiger partial charge in [-0.15, -0.1) is 0 Å². The number of benzene rings is 3. The van der Waals surface area contributed by atoms with E-state index in [1.807, 2.05) is 0 Å². The Labute approximate surface area is 152 Å². The van der Waals surface area contributed by atoms with Crippen LogP contribution in [0.5, 0.6) is 0 Å². The van der Waals surface area contributed by atoms with Crippen molar-refractivity contribution < 1.29 is 0 Å². The lowest BCUT2D eigenvalue weighted by Crippen LogP contribution is -2.28. The van der Waals surface area contributed by atoms with Crippen LogP contribution in [0, 0.1) is 0 Å². The molecule has 128 valence electrons. The molecule has 0 amide bonds. The number of aryl methyl sites for hydroxylation is 1. The van der Waals surface area contributed by atoms with E-state index in [1.165, 1.54) is 36.0 Å². The van der Waals surface area contributed by atoms with Crippen LogP contribution >= 0.6 is 0 Å². The molecule has 25 heavy (non-hydrogen) atoms. The third-order valence-corrected chi connectivity index (χ3v) is 5.41. The summed E-state index contributed by atoms with van der Waals surface area (Å²) in [7, 11) is 0. The SMILES string of the molecule is CCC(CCCc1ccccc1)(Cc1ccccc1)c1ccccc1. The molecule has 1 atom stereocenters. The van der Waals surface area contributed by atoms with E-state index in [9.17, 15) is 0 Å². The molecule has 1 unspecified atom stereocenters. The third kappa shape index (κ3) is 4.60. The second-order valence-corrected chi connectivity index (χ2v) is 7.00. The Hall–Kier alpha value is -2.34. The Balaban J connectivity index is 1.80. The molecule has 0 N–H and O–H groups in total. The highest BCUT2D eigenvalue weighted by Gasteiger charge is 2.30. The largest absolute Gasteiger partial charge is 0.0645 e. The van der Waals surface area contributed by atoms with Gasteiger partial charge in [-0.3, -0.25) is 0 Å². The van der Waals surface area contributed by atoms with Gasteiger partial charge >= 0.3 is 0 Å². The van der Waals surface area contributed by atoms with Crippen molar-refractivity contribution in [3.8, 4) is 0 Å². The van der Waals surface area contributed by atoms with Gasteiger partial charge in [0.15, 0.2) is 0 Å². The zero-order valence-corrected chi connectivity index (χ0v) is 15.2. The van der Waals surface area contributed by atoms with Crippen LogP contribution in [0.4, 0.5) is 0 Å². The molecule has 0 saturated heterocycles. The van der Waals surface area contributed by atoms with Gasteiger partial charge in [0.05, 0.1) is 0 Å². The minimum Gasteiger partial charge on any atom is -0.0645 e. The summed E-state index contributed by atoms with van der Waals surface area (Å²) in [6, 6.07) is 32.9. The van der Waals surface area contributed by atoms with Crippen molar-refractivity contribution in [3.63, 3.8) is 0 Å². The summed E-state index contributed by atoms with van der Waals surface area (Å²) < 4.78 is 0. The smallest absolute Gasteiger partial charge is 0.000916 e. The van der Waals surface area contributed by atoms with Gasteiger partial charge in [-0.25, -0.2) is 0 Å². The van der Waals surface area contributed by atoms with E-state index in [-0.39, 0.29) is 5.41 Å². The van der Waals surface area contributed by atoms with Gasteiger partial charge in [0.1, 0.15) is 0 Å². The van der Waals surface area contributed by atoms with E-state index >= 15 is 0 Å². The molecular formula is C25H28. The van der Waals surface area contributed by atoms with Crippen LogP contribution in [-0.4, -0.2) is 0 Å². The molecule has 0 nitrogen and oxygen atoms in total. The molecule has 0 aromatic heterocycles. The normalized spacial score (nSPS) is 13.3. The van der Waals surface area contributed by atoms with Crippen molar-refractivity contribution in [3.05, 3.63) is 108 Å². The lowest BCUT2D eigenvalue weighted by atomic mass is 9.70. The van der Waals surface area contributed by atoms with Crippen LogP contribution in [0.2, 0.25) is 0 Å². The third-order valence-electron chi connectivity index (χ3n) is 5.41. The van der Waals surface area contributed by atoms with Crippen LogP contribution in [0.1, 0.15) is 42.9 Å². The molecular weight excluding hydrogens is 300 g/mol.